The molecule has 1 aliphatic heterocycles. The molecule has 1 amide bonds. The van der Waals surface area contributed by atoms with Crippen LogP contribution in [-0.4, -0.2) is 47.1 Å². The van der Waals surface area contributed by atoms with Crippen molar-refractivity contribution in [3.05, 3.63) is 70.7 Å². The Kier molecular flexibility index (Phi) is 7.14. The Morgan fingerprint density at radius 1 is 1.06 bits per heavy atom. The van der Waals surface area contributed by atoms with Gasteiger partial charge < -0.3 is 29.6 Å². The normalized spacial score (nSPS) is 17.0. The third-order valence-electron chi connectivity index (χ3n) is 5.82. The van der Waals surface area contributed by atoms with E-state index < -0.39 is 30.4 Å². The van der Waals surface area contributed by atoms with Gasteiger partial charge in [-0.2, -0.15) is 0 Å². The van der Waals surface area contributed by atoms with Crippen LogP contribution in [0.3, 0.4) is 0 Å². The molecule has 3 N–H and O–H groups in total. The molecule has 0 radical (unpaired) electrons. The molecule has 8 nitrogen and oxygen atoms in total. The number of carboxylic acid groups (broad SMARTS) is 1. The lowest BCUT2D eigenvalue weighted by atomic mass is 9.77. The molecule has 0 saturated carbocycles. The molecule has 33 heavy (non-hydrogen) atoms. The number of nitrogens with one attached hydrogen (secondary N) is 1. The first-order valence-corrected chi connectivity index (χ1v) is 10.6. The summed E-state index contributed by atoms with van der Waals surface area (Å²) in [6, 6.07) is 13.2. The second-order valence-electron chi connectivity index (χ2n) is 8.80. The number of carboxylic acids is 1. The summed E-state index contributed by atoms with van der Waals surface area (Å²) in [4.78, 5) is 23.6. The maximum absolute atomic E-state index is 12.3. The van der Waals surface area contributed by atoms with Crippen molar-refractivity contribution in [3.63, 3.8) is 0 Å². The van der Waals surface area contributed by atoms with Crippen molar-refractivity contribution in [1.82, 2.24) is 5.32 Å². The number of aromatic carboxylic acids is 1. The highest BCUT2D eigenvalue weighted by atomic mass is 16.7. The first-order valence-electron chi connectivity index (χ1n) is 10.6. The number of aromatic hydroxyl groups is 1. The number of phenolic OH excluding ortho intramolecular Hbond substituents is 1. The van der Waals surface area contributed by atoms with Gasteiger partial charge in [-0.1, -0.05) is 36.4 Å². The molecule has 1 fully saturated rings. The summed E-state index contributed by atoms with van der Waals surface area (Å²) in [5, 5.41) is 22.2. The third-order valence-corrected chi connectivity index (χ3v) is 5.82. The first kappa shape index (κ1) is 24.3. The van der Waals surface area contributed by atoms with Crippen molar-refractivity contribution in [2.45, 2.75) is 45.5 Å². The highest BCUT2D eigenvalue weighted by molar-refractivity contribution is 6.56. The Morgan fingerprint density at radius 3 is 2.30 bits per heavy atom. The third kappa shape index (κ3) is 5.94. The van der Waals surface area contributed by atoms with Gasteiger partial charge >= 0.3 is 19.2 Å². The van der Waals surface area contributed by atoms with Crippen molar-refractivity contribution in [2.24, 2.45) is 0 Å². The molecule has 174 valence electrons. The SMILES string of the molecule is CC1(C)OB(C(=Cc2cc(C(=O)O)ccc2O)CNC(=O)OCc2ccccc2)OC1(C)C. The van der Waals surface area contributed by atoms with Crippen LogP contribution in [-0.2, 0) is 20.7 Å². The topological polar surface area (TPSA) is 114 Å². The summed E-state index contributed by atoms with van der Waals surface area (Å²) in [6.45, 7) is 7.71. The number of benzene rings is 2. The summed E-state index contributed by atoms with van der Waals surface area (Å²) in [6.07, 6.45) is 0.922. The largest absolute Gasteiger partial charge is 0.507 e. The summed E-state index contributed by atoms with van der Waals surface area (Å²) in [7, 11) is -0.822. The van der Waals surface area contributed by atoms with E-state index in [1.165, 1.54) is 18.2 Å². The van der Waals surface area contributed by atoms with Gasteiger partial charge in [0.1, 0.15) is 12.4 Å². The predicted octanol–water partition coefficient (Wildman–Crippen LogP) is 4.03. The molecule has 3 rings (SSSR count). The van der Waals surface area contributed by atoms with Crippen LogP contribution in [0.25, 0.3) is 6.08 Å². The van der Waals surface area contributed by atoms with Crippen molar-refractivity contribution >= 4 is 25.3 Å². The molecule has 0 bridgehead atoms. The van der Waals surface area contributed by atoms with E-state index in [2.05, 4.69) is 5.32 Å². The van der Waals surface area contributed by atoms with Crippen LogP contribution in [0, 0.1) is 0 Å². The quantitative estimate of drug-likeness (QED) is 0.543. The van der Waals surface area contributed by atoms with Crippen LogP contribution in [0.5, 0.6) is 5.75 Å². The molecule has 0 unspecified atom stereocenters. The van der Waals surface area contributed by atoms with Crippen LogP contribution >= 0.6 is 0 Å². The lowest BCUT2D eigenvalue weighted by Crippen LogP contribution is -2.41. The average molecular weight is 453 g/mol. The van der Waals surface area contributed by atoms with E-state index in [1.807, 2.05) is 58.0 Å². The molecule has 0 aliphatic carbocycles. The van der Waals surface area contributed by atoms with E-state index >= 15 is 0 Å². The zero-order valence-electron chi connectivity index (χ0n) is 19.1. The molecular formula is C24H28BNO7. The number of hydrogen-bond donors (Lipinski definition) is 3. The van der Waals surface area contributed by atoms with E-state index in [9.17, 15) is 19.8 Å². The number of amides is 1. The Morgan fingerprint density at radius 2 is 1.70 bits per heavy atom. The van der Waals surface area contributed by atoms with Gasteiger partial charge in [0.25, 0.3) is 0 Å². The van der Waals surface area contributed by atoms with Gasteiger partial charge in [0.15, 0.2) is 0 Å². The van der Waals surface area contributed by atoms with Gasteiger partial charge in [0, 0.05) is 12.1 Å². The van der Waals surface area contributed by atoms with E-state index in [-0.39, 0.29) is 30.0 Å². The highest BCUT2D eigenvalue weighted by Gasteiger charge is 2.52. The second kappa shape index (κ2) is 9.68. The summed E-state index contributed by atoms with van der Waals surface area (Å²) >= 11 is 0. The van der Waals surface area contributed by atoms with Crippen LogP contribution in [0.2, 0.25) is 0 Å². The van der Waals surface area contributed by atoms with Gasteiger partial charge in [-0.3, -0.25) is 0 Å². The van der Waals surface area contributed by atoms with Crippen molar-refractivity contribution < 1.29 is 33.8 Å². The Hall–Kier alpha value is -3.30. The van der Waals surface area contributed by atoms with Crippen LogP contribution in [0.1, 0.15) is 49.2 Å². The summed E-state index contributed by atoms with van der Waals surface area (Å²) in [5.41, 5.74) is 0.361. The minimum absolute atomic E-state index is 0.00118. The maximum atomic E-state index is 12.3. The molecule has 1 aliphatic rings. The van der Waals surface area contributed by atoms with Crippen molar-refractivity contribution in [1.29, 1.82) is 0 Å². The molecule has 1 heterocycles. The minimum Gasteiger partial charge on any atom is -0.507 e. The number of alkyl carbamates (subject to hydrolysis) is 1. The minimum atomic E-state index is -1.12. The Bertz CT molecular complexity index is 1030. The van der Waals surface area contributed by atoms with Crippen LogP contribution in [0.4, 0.5) is 4.79 Å². The van der Waals surface area contributed by atoms with E-state index in [1.54, 1.807) is 6.08 Å². The molecule has 1 saturated heterocycles. The number of rotatable bonds is 7. The zero-order chi connectivity index (χ0) is 24.2. The molecular weight excluding hydrogens is 425 g/mol. The van der Waals surface area contributed by atoms with Crippen molar-refractivity contribution in [3.8, 4) is 5.75 Å². The maximum Gasteiger partial charge on any atom is 0.492 e. The lowest BCUT2D eigenvalue weighted by Gasteiger charge is -2.32. The van der Waals surface area contributed by atoms with Gasteiger partial charge in [0.05, 0.1) is 16.8 Å². The Labute approximate surface area is 193 Å². The monoisotopic (exact) mass is 453 g/mol. The standard InChI is InChI=1S/C24H28BNO7/c1-23(2)24(3,4)33-25(32-23)19(13-18-12-17(21(28)29)10-11-20(18)27)14-26-22(30)31-15-16-8-6-5-7-9-16/h5-13,27H,14-15H2,1-4H3,(H,26,30)(H,28,29). The number of hydrogen-bond acceptors (Lipinski definition) is 6. The fourth-order valence-corrected chi connectivity index (χ4v) is 3.15. The molecule has 0 atom stereocenters. The fourth-order valence-electron chi connectivity index (χ4n) is 3.15. The molecule has 2 aromatic carbocycles. The molecule has 0 aromatic heterocycles. The van der Waals surface area contributed by atoms with Gasteiger partial charge in [-0.15, -0.1) is 0 Å². The van der Waals surface area contributed by atoms with E-state index in [0.717, 1.165) is 5.56 Å². The lowest BCUT2D eigenvalue weighted by molar-refractivity contribution is 0.00578. The van der Waals surface area contributed by atoms with Gasteiger partial charge in [-0.25, -0.2) is 9.59 Å². The van der Waals surface area contributed by atoms with Gasteiger partial charge in [-0.05, 0) is 56.9 Å². The zero-order valence-corrected chi connectivity index (χ0v) is 19.1. The molecule has 9 heteroatoms. The Balaban J connectivity index is 1.81. The average Bonchev–Trinajstić information content (AvgIpc) is 2.98. The number of ether oxygens (including phenoxy) is 1. The van der Waals surface area contributed by atoms with E-state index in [0.29, 0.717) is 5.47 Å². The van der Waals surface area contributed by atoms with Crippen LogP contribution < -0.4 is 5.32 Å². The number of carbonyl (C=O) groups is 2. The van der Waals surface area contributed by atoms with Gasteiger partial charge in [0.2, 0.25) is 0 Å². The molecule has 0 spiro atoms. The number of carbonyl (C=O) groups excluding carboxylic acids is 1. The highest BCUT2D eigenvalue weighted by Crippen LogP contribution is 2.39. The summed E-state index contributed by atoms with van der Waals surface area (Å²) < 4.78 is 17.5. The van der Waals surface area contributed by atoms with E-state index in [4.69, 9.17) is 14.0 Å². The smallest absolute Gasteiger partial charge is 0.492 e. The summed E-state index contributed by atoms with van der Waals surface area (Å²) in [5.74, 6) is -1.23. The fraction of sp³-hybridized carbons (Fsp3) is 0.333. The number of phenols is 1. The second-order valence-corrected chi connectivity index (χ2v) is 8.80. The first-order chi connectivity index (χ1) is 15.5. The van der Waals surface area contributed by atoms with Crippen LogP contribution in [0.15, 0.2) is 54.0 Å². The molecule has 2 aromatic rings. The predicted molar refractivity (Wildman–Crippen MR) is 124 cm³/mol. The van der Waals surface area contributed by atoms with Crippen molar-refractivity contribution in [2.75, 3.05) is 6.54 Å².